The minimum atomic E-state index is 0.137. The molecule has 2 aromatic rings. The van der Waals surface area contributed by atoms with Crippen LogP contribution in [-0.4, -0.2) is 46.1 Å². The van der Waals surface area contributed by atoms with Crippen molar-refractivity contribution in [3.05, 3.63) is 36.2 Å². The molecule has 5 heteroatoms. The summed E-state index contributed by atoms with van der Waals surface area (Å²) in [5, 5.41) is 7.75. The van der Waals surface area contributed by atoms with Gasteiger partial charge in [-0.25, -0.2) is 4.52 Å². The fourth-order valence-electron chi connectivity index (χ4n) is 4.03. The lowest BCUT2D eigenvalue weighted by atomic mass is 9.93. The molecule has 2 fully saturated rings. The van der Waals surface area contributed by atoms with Gasteiger partial charge in [0.2, 0.25) is 0 Å². The predicted molar refractivity (Wildman–Crippen MR) is 80.2 cm³/mol. The molecule has 0 bridgehead atoms. The van der Waals surface area contributed by atoms with Crippen molar-refractivity contribution in [1.82, 2.24) is 19.8 Å². The molecule has 1 amide bonds. The van der Waals surface area contributed by atoms with Crippen molar-refractivity contribution in [2.24, 2.45) is 11.8 Å². The lowest BCUT2D eigenvalue weighted by Gasteiger charge is -2.26. The van der Waals surface area contributed by atoms with Gasteiger partial charge in [-0.3, -0.25) is 4.79 Å². The Hall–Kier alpha value is -1.88. The highest BCUT2D eigenvalue weighted by Gasteiger charge is 2.45. The highest BCUT2D eigenvalue weighted by molar-refractivity contribution is 6.00. The maximum absolute atomic E-state index is 13.0. The van der Waals surface area contributed by atoms with Crippen LogP contribution >= 0.6 is 0 Å². The van der Waals surface area contributed by atoms with Crippen molar-refractivity contribution in [2.45, 2.75) is 19.4 Å². The molecule has 5 nitrogen and oxygen atoms in total. The molecule has 2 aliphatic heterocycles. The Kier molecular flexibility index (Phi) is 2.96. The highest BCUT2D eigenvalue weighted by atomic mass is 16.2. The van der Waals surface area contributed by atoms with Gasteiger partial charge in [0.15, 0.2) is 0 Å². The third-order valence-electron chi connectivity index (χ3n) is 5.05. The number of aromatic nitrogens is 2. The first-order valence-corrected chi connectivity index (χ1v) is 7.73. The first-order chi connectivity index (χ1) is 10.3. The van der Waals surface area contributed by atoms with Crippen molar-refractivity contribution >= 4 is 11.4 Å². The van der Waals surface area contributed by atoms with Crippen molar-refractivity contribution in [2.75, 3.05) is 19.6 Å². The number of hydrogen-bond acceptors (Lipinski definition) is 3. The van der Waals surface area contributed by atoms with Gasteiger partial charge < -0.3 is 10.2 Å². The fraction of sp³-hybridized carbons (Fsp3) is 0.500. The Morgan fingerprint density at radius 3 is 3.19 bits per heavy atom. The molecule has 0 aromatic carbocycles. The summed E-state index contributed by atoms with van der Waals surface area (Å²) in [6.07, 6.45) is 4.61. The zero-order valence-corrected chi connectivity index (χ0v) is 12.2. The number of likely N-dealkylation sites (tertiary alicyclic amines) is 1. The maximum Gasteiger partial charge on any atom is 0.257 e. The van der Waals surface area contributed by atoms with E-state index in [1.54, 1.807) is 10.7 Å². The van der Waals surface area contributed by atoms with E-state index in [1.807, 2.05) is 24.4 Å². The van der Waals surface area contributed by atoms with Gasteiger partial charge in [0.25, 0.3) is 5.91 Å². The van der Waals surface area contributed by atoms with E-state index < -0.39 is 0 Å². The van der Waals surface area contributed by atoms with Gasteiger partial charge in [0.1, 0.15) is 0 Å². The van der Waals surface area contributed by atoms with Gasteiger partial charge >= 0.3 is 0 Å². The number of pyridine rings is 1. The number of nitrogens with zero attached hydrogens (tertiary/aromatic N) is 3. The Bertz CT molecular complexity index is 680. The summed E-state index contributed by atoms with van der Waals surface area (Å²) in [4.78, 5) is 15.1. The second-order valence-electron chi connectivity index (χ2n) is 6.10. The van der Waals surface area contributed by atoms with Crippen molar-refractivity contribution in [3.8, 4) is 0 Å². The van der Waals surface area contributed by atoms with E-state index in [0.29, 0.717) is 17.9 Å². The molecule has 21 heavy (non-hydrogen) atoms. The summed E-state index contributed by atoms with van der Waals surface area (Å²) in [5.74, 6) is 1.36. The summed E-state index contributed by atoms with van der Waals surface area (Å²) < 4.78 is 1.77. The van der Waals surface area contributed by atoms with E-state index in [1.165, 1.54) is 0 Å². The van der Waals surface area contributed by atoms with Crippen LogP contribution in [0.1, 0.15) is 23.7 Å². The summed E-state index contributed by atoms with van der Waals surface area (Å²) in [5.41, 5.74) is 1.62. The molecule has 0 aliphatic carbocycles. The van der Waals surface area contributed by atoms with E-state index >= 15 is 0 Å². The second-order valence-corrected chi connectivity index (χ2v) is 6.10. The first kappa shape index (κ1) is 12.8. The predicted octanol–water partition coefficient (Wildman–Crippen LogP) is 1.40. The van der Waals surface area contributed by atoms with Crippen LogP contribution in [0.15, 0.2) is 30.6 Å². The molecule has 3 unspecified atom stereocenters. The number of carbonyl (C=O) groups is 1. The van der Waals surface area contributed by atoms with Gasteiger partial charge in [0.05, 0.1) is 17.3 Å². The van der Waals surface area contributed by atoms with Crippen LogP contribution in [0.4, 0.5) is 0 Å². The smallest absolute Gasteiger partial charge is 0.257 e. The van der Waals surface area contributed by atoms with Crippen LogP contribution in [-0.2, 0) is 0 Å². The van der Waals surface area contributed by atoms with Crippen LogP contribution in [0.3, 0.4) is 0 Å². The molecular weight excluding hydrogens is 264 g/mol. The lowest BCUT2D eigenvalue weighted by Crippen LogP contribution is -2.39. The van der Waals surface area contributed by atoms with E-state index in [0.717, 1.165) is 37.1 Å². The lowest BCUT2D eigenvalue weighted by molar-refractivity contribution is 0.0713. The monoisotopic (exact) mass is 284 g/mol. The molecule has 0 radical (unpaired) electrons. The summed E-state index contributed by atoms with van der Waals surface area (Å²) in [6, 6.07) is 6.19. The average Bonchev–Trinajstić information content (AvgIpc) is 3.19. The van der Waals surface area contributed by atoms with E-state index in [-0.39, 0.29) is 5.91 Å². The Morgan fingerprint density at radius 2 is 2.33 bits per heavy atom. The van der Waals surface area contributed by atoms with Gasteiger partial charge in [0, 0.05) is 31.9 Å². The number of rotatable bonds is 2. The normalized spacial score (nSPS) is 28.2. The molecule has 110 valence electrons. The van der Waals surface area contributed by atoms with Crippen molar-refractivity contribution in [3.63, 3.8) is 0 Å². The number of hydrogen-bond donors (Lipinski definition) is 1. The van der Waals surface area contributed by atoms with Crippen LogP contribution in [0, 0.1) is 11.8 Å². The average molecular weight is 284 g/mol. The zero-order chi connectivity index (χ0) is 14.4. The summed E-state index contributed by atoms with van der Waals surface area (Å²) in [6.45, 7) is 5.14. The maximum atomic E-state index is 13.0. The second kappa shape index (κ2) is 4.84. The quantitative estimate of drug-likeness (QED) is 0.907. The van der Waals surface area contributed by atoms with Crippen LogP contribution in [0.25, 0.3) is 5.52 Å². The van der Waals surface area contributed by atoms with Gasteiger partial charge in [-0.05, 0) is 30.4 Å². The molecule has 4 heterocycles. The molecule has 1 N–H and O–H groups in total. The number of fused-ring (bicyclic) bond motifs is 2. The molecule has 2 aromatic heterocycles. The number of amides is 1. The SMILES string of the molecule is CCC1C2CNCC2CN1C(=O)c1cnn2ccccc12. The van der Waals surface area contributed by atoms with Crippen molar-refractivity contribution in [1.29, 1.82) is 0 Å². The molecule has 4 rings (SSSR count). The Morgan fingerprint density at radius 1 is 1.43 bits per heavy atom. The fourth-order valence-corrected chi connectivity index (χ4v) is 4.03. The topological polar surface area (TPSA) is 49.6 Å². The summed E-state index contributed by atoms with van der Waals surface area (Å²) in [7, 11) is 0. The van der Waals surface area contributed by atoms with Gasteiger partial charge in [-0.2, -0.15) is 5.10 Å². The van der Waals surface area contributed by atoms with Crippen LogP contribution < -0.4 is 5.32 Å². The largest absolute Gasteiger partial charge is 0.335 e. The summed E-state index contributed by atoms with van der Waals surface area (Å²) >= 11 is 0. The molecule has 2 aliphatic rings. The highest BCUT2D eigenvalue weighted by Crippen LogP contribution is 2.35. The third-order valence-corrected chi connectivity index (χ3v) is 5.05. The Labute approximate surface area is 123 Å². The molecule has 3 atom stereocenters. The molecule has 0 spiro atoms. The van der Waals surface area contributed by atoms with Crippen LogP contribution in [0.2, 0.25) is 0 Å². The molecular formula is C16H20N4O. The Balaban J connectivity index is 1.68. The molecule has 2 saturated heterocycles. The standard InChI is InChI=1S/C16H20N4O/c1-2-14-12-8-17-7-11(12)10-19(14)16(21)13-9-18-20-6-4-3-5-15(13)20/h3-6,9,11-12,14,17H,2,7-8,10H2,1H3. The van der Waals surface area contributed by atoms with E-state index in [2.05, 4.69) is 22.2 Å². The number of carbonyl (C=O) groups excluding carboxylic acids is 1. The zero-order valence-electron chi connectivity index (χ0n) is 12.2. The minimum Gasteiger partial charge on any atom is -0.335 e. The van der Waals surface area contributed by atoms with Gasteiger partial charge in [-0.15, -0.1) is 0 Å². The van der Waals surface area contributed by atoms with Gasteiger partial charge in [-0.1, -0.05) is 13.0 Å². The number of nitrogens with one attached hydrogen (secondary N) is 1. The van der Waals surface area contributed by atoms with Crippen LogP contribution in [0.5, 0.6) is 0 Å². The van der Waals surface area contributed by atoms with E-state index in [9.17, 15) is 4.79 Å². The first-order valence-electron chi connectivity index (χ1n) is 7.73. The molecule has 0 saturated carbocycles. The third kappa shape index (κ3) is 1.87. The van der Waals surface area contributed by atoms with Crippen molar-refractivity contribution < 1.29 is 4.79 Å². The van der Waals surface area contributed by atoms with E-state index in [4.69, 9.17) is 0 Å². The minimum absolute atomic E-state index is 0.137.